The van der Waals surface area contributed by atoms with Gasteiger partial charge in [-0.2, -0.15) is 9.30 Å². The Hall–Kier alpha value is -2.85. The lowest BCUT2D eigenvalue weighted by Gasteiger charge is -2.34. The lowest BCUT2D eigenvalue weighted by Crippen LogP contribution is -2.48. The molecule has 2 heterocycles. The van der Waals surface area contributed by atoms with Gasteiger partial charge >= 0.3 is 0 Å². The molecule has 0 spiro atoms. The topological polar surface area (TPSA) is 81.0 Å². The summed E-state index contributed by atoms with van der Waals surface area (Å²) < 4.78 is 36.4. The number of aromatic nitrogens is 1. The Labute approximate surface area is 208 Å². The largest absolute Gasteiger partial charge is 0.373 e. The van der Waals surface area contributed by atoms with E-state index in [4.69, 9.17) is 4.74 Å². The van der Waals surface area contributed by atoms with Gasteiger partial charge in [0.1, 0.15) is 0 Å². The molecule has 1 saturated heterocycles. The fraction of sp³-hybridized carbons (Fsp3) is 0.308. The predicted octanol–water partition coefficient (Wildman–Crippen LogP) is 4.41. The summed E-state index contributed by atoms with van der Waals surface area (Å²) >= 11 is 1.49. The van der Waals surface area contributed by atoms with Crippen LogP contribution in [0.1, 0.15) is 31.1 Å². The summed E-state index contributed by atoms with van der Waals surface area (Å²) in [5, 5.41) is 2.27. The first-order valence-electron chi connectivity index (χ1n) is 11.6. The van der Waals surface area contributed by atoms with Crippen LogP contribution in [-0.4, -0.2) is 48.5 Å². The monoisotopic (exact) mass is 509 g/mol. The lowest BCUT2D eigenvalue weighted by atomic mass is 10.1. The number of carbonyl (C=O) groups excluding carboxylic acids is 1. The molecule has 3 aromatic carbocycles. The summed E-state index contributed by atoms with van der Waals surface area (Å²) in [6.45, 7) is 7.04. The van der Waals surface area contributed by atoms with Gasteiger partial charge in [-0.3, -0.25) is 4.79 Å². The molecule has 1 fully saturated rings. The molecule has 0 radical (unpaired) electrons. The summed E-state index contributed by atoms with van der Waals surface area (Å²) in [5.41, 5.74) is 1.38. The first kappa shape index (κ1) is 23.9. The van der Waals surface area contributed by atoms with E-state index in [-0.39, 0.29) is 17.1 Å². The van der Waals surface area contributed by atoms with Crippen LogP contribution in [0.2, 0.25) is 0 Å². The van der Waals surface area contributed by atoms with Gasteiger partial charge in [0.15, 0.2) is 4.80 Å². The summed E-state index contributed by atoms with van der Waals surface area (Å²) in [6.07, 6.45) is -0.339. The number of aryl methyl sites for hydroxylation is 1. The Morgan fingerprint density at radius 3 is 2.40 bits per heavy atom. The maximum Gasteiger partial charge on any atom is 0.279 e. The highest BCUT2D eigenvalue weighted by Crippen LogP contribution is 2.28. The number of benzene rings is 3. The molecule has 0 bridgehead atoms. The molecule has 4 aromatic rings. The van der Waals surface area contributed by atoms with E-state index in [1.165, 1.54) is 39.9 Å². The molecule has 182 valence electrons. The van der Waals surface area contributed by atoms with Gasteiger partial charge in [-0.25, -0.2) is 8.42 Å². The number of morpholine rings is 1. The molecule has 9 heteroatoms. The zero-order valence-electron chi connectivity index (χ0n) is 19.8. The number of rotatable bonds is 4. The second-order valence-corrected chi connectivity index (χ2v) is 11.7. The van der Waals surface area contributed by atoms with Crippen molar-refractivity contribution in [3.05, 3.63) is 71.0 Å². The summed E-state index contributed by atoms with van der Waals surface area (Å²) in [5.74, 6) is -0.402. The van der Waals surface area contributed by atoms with E-state index in [1.807, 2.05) is 37.5 Å². The van der Waals surface area contributed by atoms with Crippen LogP contribution in [0.4, 0.5) is 0 Å². The first-order valence-corrected chi connectivity index (χ1v) is 13.9. The molecule has 35 heavy (non-hydrogen) atoms. The molecule has 0 aliphatic carbocycles. The van der Waals surface area contributed by atoms with Crippen molar-refractivity contribution >= 4 is 48.3 Å². The standard InChI is InChI=1S/C26H27N3O4S2/c1-4-29-23-14-11-19-7-5-6-8-22(19)24(23)34-26(29)27-25(30)20-9-12-21(13-10-20)35(31,32)28-15-17(2)33-18(3)16-28/h5-14,17-18H,4,15-16H2,1-3H3/t17-,18+. The third-order valence-corrected chi connectivity index (χ3v) is 9.19. The normalized spacial score (nSPS) is 20.0. The number of ether oxygens (including phenoxy) is 1. The van der Waals surface area contributed by atoms with Crippen LogP contribution in [0.3, 0.4) is 0 Å². The van der Waals surface area contributed by atoms with Crippen molar-refractivity contribution in [3.8, 4) is 0 Å². The predicted molar refractivity (Wildman–Crippen MR) is 138 cm³/mol. The number of fused-ring (bicyclic) bond motifs is 3. The van der Waals surface area contributed by atoms with Gasteiger partial charge in [0.05, 0.1) is 27.3 Å². The van der Waals surface area contributed by atoms with Crippen molar-refractivity contribution in [1.29, 1.82) is 0 Å². The third-order valence-electron chi connectivity index (χ3n) is 6.21. The molecule has 2 atom stereocenters. The molecule has 1 aliphatic rings. The maximum absolute atomic E-state index is 13.1. The number of sulfonamides is 1. The average Bonchev–Trinajstić information content (AvgIpc) is 3.21. The third kappa shape index (κ3) is 4.45. The van der Waals surface area contributed by atoms with Crippen molar-refractivity contribution in [2.45, 2.75) is 44.4 Å². The van der Waals surface area contributed by atoms with E-state index in [1.54, 1.807) is 0 Å². The number of hydrogen-bond acceptors (Lipinski definition) is 5. The Balaban J connectivity index is 1.47. The van der Waals surface area contributed by atoms with Gasteiger partial charge in [-0.05, 0) is 56.5 Å². The zero-order valence-corrected chi connectivity index (χ0v) is 21.5. The van der Waals surface area contributed by atoms with Crippen LogP contribution in [0, 0.1) is 0 Å². The smallest absolute Gasteiger partial charge is 0.279 e. The molecule has 7 nitrogen and oxygen atoms in total. The summed E-state index contributed by atoms with van der Waals surface area (Å²) in [6, 6.07) is 18.3. The van der Waals surface area contributed by atoms with Crippen LogP contribution in [-0.2, 0) is 21.3 Å². The van der Waals surface area contributed by atoms with Crippen LogP contribution < -0.4 is 4.80 Å². The highest BCUT2D eigenvalue weighted by molar-refractivity contribution is 7.89. The van der Waals surface area contributed by atoms with E-state index in [9.17, 15) is 13.2 Å². The highest BCUT2D eigenvalue weighted by atomic mass is 32.2. The molecule has 1 aliphatic heterocycles. The Kier molecular flexibility index (Phi) is 6.35. The van der Waals surface area contributed by atoms with Crippen LogP contribution in [0.5, 0.6) is 0 Å². The van der Waals surface area contributed by atoms with Crippen molar-refractivity contribution in [1.82, 2.24) is 8.87 Å². The van der Waals surface area contributed by atoms with Crippen molar-refractivity contribution in [3.63, 3.8) is 0 Å². The molecule has 0 N–H and O–H groups in total. The fourth-order valence-corrected chi connectivity index (χ4v) is 7.40. The van der Waals surface area contributed by atoms with Crippen molar-refractivity contribution in [2.24, 2.45) is 4.99 Å². The fourth-order valence-electron chi connectivity index (χ4n) is 4.59. The van der Waals surface area contributed by atoms with Crippen molar-refractivity contribution in [2.75, 3.05) is 13.1 Å². The molecular formula is C26H27N3O4S2. The number of amides is 1. The number of thiazole rings is 1. The minimum Gasteiger partial charge on any atom is -0.373 e. The van der Waals surface area contributed by atoms with Gasteiger partial charge in [-0.1, -0.05) is 41.7 Å². The average molecular weight is 510 g/mol. The van der Waals surface area contributed by atoms with E-state index in [0.29, 0.717) is 30.0 Å². The van der Waals surface area contributed by atoms with Gasteiger partial charge in [0.2, 0.25) is 10.0 Å². The number of hydrogen-bond donors (Lipinski definition) is 0. The molecule has 0 saturated carbocycles. The lowest BCUT2D eigenvalue weighted by molar-refractivity contribution is -0.0440. The maximum atomic E-state index is 13.1. The van der Waals surface area contributed by atoms with Crippen molar-refractivity contribution < 1.29 is 17.9 Å². The minimum atomic E-state index is -3.67. The molecule has 1 aromatic heterocycles. The molecule has 0 unspecified atom stereocenters. The molecule has 1 amide bonds. The number of nitrogens with zero attached hydrogens (tertiary/aromatic N) is 3. The SMILES string of the molecule is CCn1c(=NC(=O)c2ccc(S(=O)(=O)N3C[C@@H](C)O[C@@H](C)C3)cc2)sc2c3ccccc3ccc21. The highest BCUT2D eigenvalue weighted by Gasteiger charge is 2.32. The molecule has 5 rings (SSSR count). The minimum absolute atomic E-state index is 0.160. The van der Waals surface area contributed by atoms with Gasteiger partial charge in [0, 0.05) is 30.6 Å². The van der Waals surface area contributed by atoms with E-state index in [0.717, 1.165) is 21.0 Å². The van der Waals surface area contributed by atoms with E-state index < -0.39 is 15.9 Å². The van der Waals surface area contributed by atoms with Gasteiger partial charge in [-0.15, -0.1) is 0 Å². The zero-order chi connectivity index (χ0) is 24.7. The summed E-state index contributed by atoms with van der Waals surface area (Å²) in [4.78, 5) is 18.2. The number of carbonyl (C=O) groups is 1. The summed E-state index contributed by atoms with van der Waals surface area (Å²) in [7, 11) is -3.67. The van der Waals surface area contributed by atoms with Gasteiger partial charge in [0.25, 0.3) is 5.91 Å². The van der Waals surface area contributed by atoms with E-state index >= 15 is 0 Å². The Bertz CT molecular complexity index is 1580. The van der Waals surface area contributed by atoms with Gasteiger partial charge < -0.3 is 9.30 Å². The van der Waals surface area contributed by atoms with E-state index in [2.05, 4.69) is 29.3 Å². The van der Waals surface area contributed by atoms with Crippen LogP contribution in [0.25, 0.3) is 21.0 Å². The quantitative estimate of drug-likeness (QED) is 0.408. The Morgan fingerprint density at radius 2 is 1.71 bits per heavy atom. The second-order valence-electron chi connectivity index (χ2n) is 8.78. The molecular weight excluding hydrogens is 482 g/mol. The van der Waals surface area contributed by atoms with Crippen LogP contribution >= 0.6 is 11.3 Å². The Morgan fingerprint density at radius 1 is 1.03 bits per heavy atom. The first-order chi connectivity index (χ1) is 16.8. The van der Waals surface area contributed by atoms with Crippen LogP contribution in [0.15, 0.2) is 70.6 Å². The second kappa shape index (κ2) is 9.31.